The maximum atomic E-state index is 11.4. The zero-order valence-corrected chi connectivity index (χ0v) is 10.1. The second-order valence-electron chi connectivity index (χ2n) is 3.02. The standard InChI is InChI=1S/C9H14N2O2S2/c1-7(2-4-12)15-6-8(13)11-9-10-3-5-14-9/h3,5,7,12H,2,4,6H2,1H3,(H,10,11,13). The molecule has 0 saturated heterocycles. The lowest BCUT2D eigenvalue weighted by molar-refractivity contribution is -0.113. The highest BCUT2D eigenvalue weighted by Crippen LogP contribution is 2.15. The number of hydrogen-bond donors (Lipinski definition) is 2. The van der Waals surface area contributed by atoms with Crippen LogP contribution in [0.3, 0.4) is 0 Å². The highest BCUT2D eigenvalue weighted by Gasteiger charge is 2.07. The molecule has 1 aromatic heterocycles. The largest absolute Gasteiger partial charge is 0.396 e. The van der Waals surface area contributed by atoms with E-state index in [1.165, 1.54) is 23.1 Å². The van der Waals surface area contributed by atoms with Crippen LogP contribution in [-0.4, -0.2) is 33.6 Å². The average molecular weight is 246 g/mol. The fourth-order valence-electron chi connectivity index (χ4n) is 0.924. The molecule has 1 rings (SSSR count). The minimum absolute atomic E-state index is 0.0419. The molecule has 15 heavy (non-hydrogen) atoms. The van der Waals surface area contributed by atoms with Crippen molar-refractivity contribution in [3.8, 4) is 0 Å². The third-order valence-corrected chi connectivity index (χ3v) is 3.64. The number of rotatable bonds is 6. The van der Waals surface area contributed by atoms with Crippen LogP contribution in [0.5, 0.6) is 0 Å². The van der Waals surface area contributed by atoms with Crippen molar-refractivity contribution in [3.05, 3.63) is 11.6 Å². The second kappa shape index (κ2) is 6.81. The van der Waals surface area contributed by atoms with Gasteiger partial charge < -0.3 is 10.4 Å². The molecule has 0 radical (unpaired) electrons. The Labute approximate surface area is 97.1 Å². The molecule has 1 unspecified atom stereocenters. The number of thioether (sulfide) groups is 1. The third-order valence-electron chi connectivity index (χ3n) is 1.71. The van der Waals surface area contributed by atoms with Crippen molar-refractivity contribution >= 4 is 34.1 Å². The summed E-state index contributed by atoms with van der Waals surface area (Å²) < 4.78 is 0. The average Bonchev–Trinajstić information content (AvgIpc) is 2.68. The summed E-state index contributed by atoms with van der Waals surface area (Å²) in [6, 6.07) is 0. The Bertz CT molecular complexity index is 290. The Morgan fingerprint density at radius 3 is 3.20 bits per heavy atom. The molecule has 0 aromatic carbocycles. The van der Waals surface area contributed by atoms with E-state index in [4.69, 9.17) is 5.11 Å². The highest BCUT2D eigenvalue weighted by atomic mass is 32.2. The Kier molecular flexibility index (Phi) is 5.67. The molecule has 2 N–H and O–H groups in total. The molecule has 0 aliphatic carbocycles. The van der Waals surface area contributed by atoms with E-state index in [1.54, 1.807) is 6.20 Å². The zero-order valence-electron chi connectivity index (χ0n) is 8.47. The van der Waals surface area contributed by atoms with E-state index in [0.29, 0.717) is 16.1 Å². The first-order valence-electron chi connectivity index (χ1n) is 4.64. The summed E-state index contributed by atoms with van der Waals surface area (Å²) in [5, 5.41) is 14.1. The predicted molar refractivity (Wildman–Crippen MR) is 64.4 cm³/mol. The van der Waals surface area contributed by atoms with Gasteiger partial charge in [-0.2, -0.15) is 0 Å². The van der Waals surface area contributed by atoms with Gasteiger partial charge in [-0.3, -0.25) is 4.79 Å². The summed E-state index contributed by atoms with van der Waals surface area (Å²) in [6.07, 6.45) is 2.37. The molecule has 1 heterocycles. The number of carbonyl (C=O) groups is 1. The molecular weight excluding hydrogens is 232 g/mol. The first kappa shape index (κ1) is 12.5. The summed E-state index contributed by atoms with van der Waals surface area (Å²) in [4.78, 5) is 15.3. The molecule has 0 bridgehead atoms. The number of nitrogens with zero attached hydrogens (tertiary/aromatic N) is 1. The van der Waals surface area contributed by atoms with E-state index in [2.05, 4.69) is 10.3 Å². The summed E-state index contributed by atoms with van der Waals surface area (Å²) in [7, 11) is 0. The molecule has 1 amide bonds. The van der Waals surface area contributed by atoms with Gasteiger partial charge in [0.1, 0.15) is 0 Å². The number of carbonyl (C=O) groups excluding carboxylic acids is 1. The van der Waals surface area contributed by atoms with Gasteiger partial charge in [0.2, 0.25) is 5.91 Å². The van der Waals surface area contributed by atoms with Crippen molar-refractivity contribution in [2.45, 2.75) is 18.6 Å². The molecule has 84 valence electrons. The molecule has 1 aromatic rings. The van der Waals surface area contributed by atoms with Crippen LogP contribution >= 0.6 is 23.1 Å². The number of anilines is 1. The van der Waals surface area contributed by atoms with Gasteiger partial charge in [0, 0.05) is 23.4 Å². The molecule has 0 spiro atoms. The number of aliphatic hydroxyl groups is 1. The van der Waals surface area contributed by atoms with Gasteiger partial charge in [-0.25, -0.2) is 4.98 Å². The van der Waals surface area contributed by atoms with Crippen molar-refractivity contribution in [1.29, 1.82) is 0 Å². The Morgan fingerprint density at radius 1 is 1.80 bits per heavy atom. The van der Waals surface area contributed by atoms with Crippen LogP contribution in [-0.2, 0) is 4.79 Å². The van der Waals surface area contributed by atoms with Crippen molar-refractivity contribution in [2.24, 2.45) is 0 Å². The maximum absolute atomic E-state index is 11.4. The molecule has 1 atom stereocenters. The Morgan fingerprint density at radius 2 is 2.60 bits per heavy atom. The van der Waals surface area contributed by atoms with Crippen LogP contribution in [0.2, 0.25) is 0 Å². The minimum Gasteiger partial charge on any atom is -0.396 e. The van der Waals surface area contributed by atoms with E-state index < -0.39 is 0 Å². The number of hydrogen-bond acceptors (Lipinski definition) is 5. The summed E-state index contributed by atoms with van der Waals surface area (Å²) in [5.74, 6) is 0.362. The third kappa shape index (κ3) is 5.15. The van der Waals surface area contributed by atoms with Gasteiger partial charge in [-0.15, -0.1) is 23.1 Å². The summed E-state index contributed by atoms with van der Waals surface area (Å²) >= 11 is 2.94. The van der Waals surface area contributed by atoms with Crippen molar-refractivity contribution in [1.82, 2.24) is 4.98 Å². The lowest BCUT2D eigenvalue weighted by atomic mass is 10.3. The van der Waals surface area contributed by atoms with Crippen LogP contribution < -0.4 is 5.32 Å². The molecule has 0 aliphatic heterocycles. The Balaban J connectivity index is 2.19. The lowest BCUT2D eigenvalue weighted by Crippen LogP contribution is -2.15. The first-order valence-corrected chi connectivity index (χ1v) is 6.57. The second-order valence-corrected chi connectivity index (χ2v) is 5.34. The van der Waals surface area contributed by atoms with Crippen LogP contribution in [0.4, 0.5) is 5.13 Å². The normalized spacial score (nSPS) is 12.4. The first-order chi connectivity index (χ1) is 7.22. The van der Waals surface area contributed by atoms with E-state index in [-0.39, 0.29) is 12.5 Å². The van der Waals surface area contributed by atoms with Crippen LogP contribution in [0.25, 0.3) is 0 Å². The van der Waals surface area contributed by atoms with E-state index in [1.807, 2.05) is 12.3 Å². The molecule has 6 heteroatoms. The Hall–Kier alpha value is -0.590. The summed E-state index contributed by atoms with van der Waals surface area (Å²) in [5.41, 5.74) is 0. The van der Waals surface area contributed by atoms with E-state index in [0.717, 1.165) is 6.42 Å². The number of nitrogens with one attached hydrogen (secondary N) is 1. The maximum Gasteiger partial charge on any atom is 0.236 e. The molecule has 4 nitrogen and oxygen atoms in total. The lowest BCUT2D eigenvalue weighted by Gasteiger charge is -2.08. The van der Waals surface area contributed by atoms with Crippen LogP contribution in [0.15, 0.2) is 11.6 Å². The van der Waals surface area contributed by atoms with Crippen molar-refractivity contribution in [3.63, 3.8) is 0 Å². The number of thiazole rings is 1. The number of amides is 1. The van der Waals surface area contributed by atoms with Crippen molar-refractivity contribution in [2.75, 3.05) is 17.7 Å². The summed E-state index contributed by atoms with van der Waals surface area (Å²) in [6.45, 7) is 2.17. The fraction of sp³-hybridized carbons (Fsp3) is 0.556. The monoisotopic (exact) mass is 246 g/mol. The van der Waals surface area contributed by atoms with Gasteiger partial charge >= 0.3 is 0 Å². The van der Waals surface area contributed by atoms with Gasteiger partial charge in [0.15, 0.2) is 5.13 Å². The highest BCUT2D eigenvalue weighted by molar-refractivity contribution is 8.00. The quantitative estimate of drug-likeness (QED) is 0.800. The smallest absolute Gasteiger partial charge is 0.236 e. The molecular formula is C9H14N2O2S2. The van der Waals surface area contributed by atoms with Gasteiger partial charge in [0.25, 0.3) is 0 Å². The molecule has 0 saturated carbocycles. The topological polar surface area (TPSA) is 62.2 Å². The van der Waals surface area contributed by atoms with Crippen LogP contribution in [0.1, 0.15) is 13.3 Å². The van der Waals surface area contributed by atoms with E-state index >= 15 is 0 Å². The van der Waals surface area contributed by atoms with Gasteiger partial charge in [0.05, 0.1) is 5.75 Å². The minimum atomic E-state index is -0.0419. The predicted octanol–water partition coefficient (Wildman–Crippen LogP) is 1.59. The molecule has 0 aliphatic rings. The SMILES string of the molecule is CC(CCO)SCC(=O)Nc1nccs1. The van der Waals surface area contributed by atoms with Gasteiger partial charge in [-0.1, -0.05) is 6.92 Å². The van der Waals surface area contributed by atoms with E-state index in [9.17, 15) is 4.79 Å². The van der Waals surface area contributed by atoms with Gasteiger partial charge in [-0.05, 0) is 6.42 Å². The number of aliphatic hydroxyl groups excluding tert-OH is 1. The van der Waals surface area contributed by atoms with Crippen LogP contribution in [0, 0.1) is 0 Å². The number of aromatic nitrogens is 1. The molecule has 0 fully saturated rings. The zero-order chi connectivity index (χ0) is 11.1. The fourth-order valence-corrected chi connectivity index (χ4v) is 2.25. The van der Waals surface area contributed by atoms with Crippen molar-refractivity contribution < 1.29 is 9.90 Å².